The highest BCUT2D eigenvalue weighted by atomic mass is 19.1. The molecule has 2 N–H and O–H groups in total. The van der Waals surface area contributed by atoms with E-state index in [0.717, 1.165) is 11.1 Å². The molecule has 2 rings (SSSR count). The molecule has 138 valence electrons. The minimum atomic E-state index is -0.587. The van der Waals surface area contributed by atoms with E-state index in [2.05, 4.69) is 11.6 Å². The Balaban J connectivity index is 2.26. The van der Waals surface area contributed by atoms with E-state index in [-0.39, 0.29) is 30.8 Å². The van der Waals surface area contributed by atoms with E-state index in [1.54, 1.807) is 11.1 Å². The van der Waals surface area contributed by atoms with Gasteiger partial charge in [-0.3, -0.25) is 9.59 Å². The minimum absolute atomic E-state index is 0.0499. The number of aldehydes is 1. The Morgan fingerprint density at radius 1 is 1.58 bits per heavy atom. The largest absolute Gasteiger partial charge is 0.475 e. The van der Waals surface area contributed by atoms with E-state index in [1.165, 1.54) is 12.2 Å². The van der Waals surface area contributed by atoms with Crippen molar-refractivity contribution < 1.29 is 18.7 Å². The summed E-state index contributed by atoms with van der Waals surface area (Å²) >= 11 is 0. The van der Waals surface area contributed by atoms with Crippen LogP contribution in [0.25, 0.3) is 0 Å². The summed E-state index contributed by atoms with van der Waals surface area (Å²) < 4.78 is 17.5. The molecule has 0 radical (unpaired) electrons. The van der Waals surface area contributed by atoms with Gasteiger partial charge < -0.3 is 15.4 Å². The van der Waals surface area contributed by atoms with Crippen LogP contribution in [0.15, 0.2) is 47.8 Å². The zero-order valence-electron chi connectivity index (χ0n) is 14.9. The van der Waals surface area contributed by atoms with Gasteiger partial charge in [-0.2, -0.15) is 0 Å². The summed E-state index contributed by atoms with van der Waals surface area (Å²) in [4.78, 5) is 29.2. The van der Waals surface area contributed by atoms with Crippen molar-refractivity contribution in [3.63, 3.8) is 0 Å². The predicted molar refractivity (Wildman–Crippen MR) is 96.1 cm³/mol. The van der Waals surface area contributed by atoms with Gasteiger partial charge in [-0.1, -0.05) is 12.7 Å². The van der Waals surface area contributed by atoms with Crippen LogP contribution in [-0.2, 0) is 9.59 Å². The lowest BCUT2D eigenvalue weighted by atomic mass is 10.1. The molecule has 2 heterocycles. The van der Waals surface area contributed by atoms with Crippen LogP contribution in [0.4, 0.5) is 4.39 Å². The fourth-order valence-electron chi connectivity index (χ4n) is 2.83. The van der Waals surface area contributed by atoms with Gasteiger partial charge in [0.05, 0.1) is 6.04 Å². The molecular formula is C19H22FN3O3. The number of aromatic nitrogens is 1. The molecule has 1 aliphatic rings. The summed E-state index contributed by atoms with van der Waals surface area (Å²) in [6.07, 6.45) is 4.87. The molecular weight excluding hydrogens is 337 g/mol. The van der Waals surface area contributed by atoms with Gasteiger partial charge in [-0.15, -0.1) is 0 Å². The Morgan fingerprint density at radius 3 is 2.88 bits per heavy atom. The number of hydrogen-bond donors (Lipinski definition) is 1. The zero-order valence-corrected chi connectivity index (χ0v) is 14.9. The Hall–Kier alpha value is -2.96. The maximum atomic E-state index is 12.7. The predicted octanol–water partition coefficient (Wildman–Crippen LogP) is 2.17. The van der Waals surface area contributed by atoms with Crippen molar-refractivity contribution in [3.05, 3.63) is 59.0 Å². The van der Waals surface area contributed by atoms with Gasteiger partial charge in [0, 0.05) is 41.2 Å². The quantitative estimate of drug-likeness (QED) is 0.568. The summed E-state index contributed by atoms with van der Waals surface area (Å²) in [5.74, 6) is 0.162. The number of carbonyl (C=O) groups is 2. The number of amides is 1. The van der Waals surface area contributed by atoms with Crippen LogP contribution in [0.3, 0.4) is 0 Å². The number of alkyl halides is 1. The fraction of sp³-hybridized carbons (Fsp3) is 0.316. The first-order chi connectivity index (χ1) is 12.4. The molecule has 1 amide bonds. The molecule has 1 aromatic heterocycles. The molecule has 6 nitrogen and oxygen atoms in total. The van der Waals surface area contributed by atoms with Crippen molar-refractivity contribution in [2.75, 3.05) is 19.8 Å². The van der Waals surface area contributed by atoms with Gasteiger partial charge in [0.1, 0.15) is 19.6 Å². The standard InChI is InChI=1S/C19H22FN3O3/c1-4-15-16(17(21)5-7-24)11-23(19(15)25)13(3)14-9-12(2)18(22-10-14)26-8-6-20/h4-5,7,9-10,13H,1,6,8,11,21H2,2-3H3. The van der Waals surface area contributed by atoms with E-state index in [1.807, 2.05) is 19.9 Å². The van der Waals surface area contributed by atoms with E-state index in [4.69, 9.17) is 10.5 Å². The molecule has 0 spiro atoms. The number of hydrogen-bond acceptors (Lipinski definition) is 5. The number of halogens is 1. The number of pyridine rings is 1. The lowest BCUT2D eigenvalue weighted by Gasteiger charge is -2.26. The molecule has 1 aromatic rings. The molecule has 7 heteroatoms. The van der Waals surface area contributed by atoms with E-state index >= 15 is 0 Å². The topological polar surface area (TPSA) is 85.5 Å². The average molecular weight is 359 g/mol. The van der Waals surface area contributed by atoms with Crippen LogP contribution < -0.4 is 10.5 Å². The molecule has 0 saturated heterocycles. The van der Waals surface area contributed by atoms with Crippen LogP contribution in [0, 0.1) is 6.92 Å². The van der Waals surface area contributed by atoms with Crippen LogP contribution in [0.1, 0.15) is 24.1 Å². The molecule has 1 unspecified atom stereocenters. The Morgan fingerprint density at radius 2 is 2.31 bits per heavy atom. The maximum Gasteiger partial charge on any atom is 0.255 e. The number of aryl methyl sites for hydroxylation is 1. The van der Waals surface area contributed by atoms with E-state index in [9.17, 15) is 14.0 Å². The number of ether oxygens (including phenoxy) is 1. The third kappa shape index (κ3) is 3.82. The normalized spacial score (nSPS) is 16.0. The summed E-state index contributed by atoms with van der Waals surface area (Å²) in [5.41, 5.74) is 8.68. The Bertz CT molecular complexity index is 786. The van der Waals surface area contributed by atoms with Crippen LogP contribution in [0.2, 0.25) is 0 Å². The van der Waals surface area contributed by atoms with Crippen molar-refractivity contribution in [3.8, 4) is 5.88 Å². The number of nitrogens with two attached hydrogens (primary N) is 1. The van der Waals surface area contributed by atoms with Crippen LogP contribution in [-0.4, -0.2) is 41.9 Å². The Kier molecular flexibility index (Phi) is 6.27. The minimum Gasteiger partial charge on any atom is -0.475 e. The van der Waals surface area contributed by atoms with Gasteiger partial charge in [0.2, 0.25) is 5.88 Å². The highest BCUT2D eigenvalue weighted by molar-refractivity contribution is 6.01. The van der Waals surface area contributed by atoms with Gasteiger partial charge in [0.25, 0.3) is 5.91 Å². The SMILES string of the molecule is C=CC1=C(C(N)=CC=O)CN(C(C)c2cnc(OCCF)c(C)c2)C1=O. The van der Waals surface area contributed by atoms with E-state index < -0.39 is 6.67 Å². The average Bonchev–Trinajstić information content (AvgIpc) is 2.96. The first-order valence-corrected chi connectivity index (χ1v) is 8.17. The van der Waals surface area contributed by atoms with Gasteiger partial charge in [0.15, 0.2) is 0 Å². The van der Waals surface area contributed by atoms with Crippen molar-refractivity contribution in [2.45, 2.75) is 19.9 Å². The molecule has 0 aliphatic carbocycles. The first-order valence-electron chi connectivity index (χ1n) is 8.17. The monoisotopic (exact) mass is 359 g/mol. The fourth-order valence-corrected chi connectivity index (χ4v) is 2.83. The number of allylic oxidation sites excluding steroid dienone is 1. The van der Waals surface area contributed by atoms with E-state index in [0.29, 0.717) is 23.3 Å². The summed E-state index contributed by atoms with van der Waals surface area (Å²) in [5, 5.41) is 0. The molecule has 26 heavy (non-hydrogen) atoms. The number of nitrogens with zero attached hydrogens (tertiary/aromatic N) is 2. The second-order valence-corrected chi connectivity index (χ2v) is 5.89. The van der Waals surface area contributed by atoms with Gasteiger partial charge in [-0.05, 0) is 25.5 Å². The first kappa shape index (κ1) is 19.4. The second kappa shape index (κ2) is 8.42. The molecule has 0 aromatic carbocycles. The van der Waals surface area contributed by atoms with Crippen molar-refractivity contribution in [2.24, 2.45) is 5.73 Å². The zero-order chi connectivity index (χ0) is 19.3. The maximum absolute atomic E-state index is 12.7. The Labute approximate surface area is 151 Å². The third-order valence-corrected chi connectivity index (χ3v) is 4.26. The molecule has 1 atom stereocenters. The lowest BCUT2D eigenvalue weighted by molar-refractivity contribution is -0.127. The van der Waals surface area contributed by atoms with Crippen LogP contribution in [0.5, 0.6) is 5.88 Å². The van der Waals surface area contributed by atoms with Crippen molar-refractivity contribution in [1.82, 2.24) is 9.88 Å². The number of rotatable bonds is 8. The van der Waals surface area contributed by atoms with Gasteiger partial charge in [-0.25, -0.2) is 9.37 Å². The molecule has 0 bridgehead atoms. The summed E-state index contributed by atoms with van der Waals surface area (Å²) in [6.45, 7) is 6.99. The van der Waals surface area contributed by atoms with Crippen molar-refractivity contribution >= 4 is 12.2 Å². The van der Waals surface area contributed by atoms with Crippen molar-refractivity contribution in [1.29, 1.82) is 0 Å². The summed E-state index contributed by atoms with van der Waals surface area (Å²) in [7, 11) is 0. The smallest absolute Gasteiger partial charge is 0.255 e. The third-order valence-electron chi connectivity index (χ3n) is 4.26. The van der Waals surface area contributed by atoms with Crippen LogP contribution >= 0.6 is 0 Å². The highest BCUT2D eigenvalue weighted by Gasteiger charge is 2.33. The second-order valence-electron chi connectivity index (χ2n) is 5.89. The molecule has 0 saturated carbocycles. The lowest BCUT2D eigenvalue weighted by Crippen LogP contribution is -2.30. The van der Waals surface area contributed by atoms with Gasteiger partial charge >= 0.3 is 0 Å². The molecule has 1 aliphatic heterocycles. The summed E-state index contributed by atoms with van der Waals surface area (Å²) in [6, 6.07) is 1.58. The number of carbonyl (C=O) groups excluding carboxylic acids is 2. The molecule has 0 fully saturated rings. The highest BCUT2D eigenvalue weighted by Crippen LogP contribution is 2.32.